The van der Waals surface area contributed by atoms with Gasteiger partial charge in [0.1, 0.15) is 12.1 Å². The number of aromatic nitrogens is 5. The van der Waals surface area contributed by atoms with E-state index in [0.29, 0.717) is 11.6 Å². The number of rotatable bonds is 3. The molecule has 1 aliphatic heterocycles. The van der Waals surface area contributed by atoms with Gasteiger partial charge in [0.15, 0.2) is 17.0 Å². The molecule has 0 atom stereocenters. The average molecular weight is 362 g/mol. The van der Waals surface area contributed by atoms with Crippen molar-refractivity contribution in [1.82, 2.24) is 29.9 Å². The topological polar surface area (TPSA) is 63.0 Å². The minimum Gasteiger partial charge on any atom is -0.352 e. The summed E-state index contributed by atoms with van der Waals surface area (Å²) in [5.41, 5.74) is 2.39. The number of nitrogens with zero attached hydrogens (tertiary/aromatic N) is 7. The summed E-state index contributed by atoms with van der Waals surface area (Å²) in [5.74, 6) is 0.507. The van der Waals surface area contributed by atoms with Crippen LogP contribution >= 0.6 is 11.6 Å². The molecule has 7 nitrogen and oxygen atoms in total. The number of fused-ring (bicyclic) bond motifs is 1. The van der Waals surface area contributed by atoms with E-state index in [1.165, 1.54) is 12.1 Å². The summed E-state index contributed by atoms with van der Waals surface area (Å²) < 4.78 is 14.8. The average Bonchev–Trinajstić information content (AvgIpc) is 3.00. The van der Waals surface area contributed by atoms with Gasteiger partial charge in [0.25, 0.3) is 0 Å². The van der Waals surface area contributed by atoms with Crippen LogP contribution in [0, 0.1) is 5.82 Å². The lowest BCUT2D eigenvalue weighted by atomic mass is 10.2. The quantitative estimate of drug-likeness (QED) is 0.709. The molecule has 130 valence electrons. The summed E-state index contributed by atoms with van der Waals surface area (Å²) in [7, 11) is 1.82. The Morgan fingerprint density at radius 1 is 1.16 bits per heavy atom. The molecular formula is C16H17ClFN7. The van der Waals surface area contributed by atoms with Crippen molar-refractivity contribution in [1.29, 1.82) is 0 Å². The van der Waals surface area contributed by atoms with E-state index < -0.39 is 0 Å². The Morgan fingerprint density at radius 3 is 2.72 bits per heavy atom. The molecule has 0 spiro atoms. The van der Waals surface area contributed by atoms with E-state index in [1.54, 1.807) is 17.1 Å². The Kier molecular flexibility index (Phi) is 4.22. The highest BCUT2D eigenvalue weighted by atomic mass is 35.5. The van der Waals surface area contributed by atoms with E-state index >= 15 is 0 Å². The van der Waals surface area contributed by atoms with Crippen LogP contribution in [0.2, 0.25) is 5.02 Å². The van der Waals surface area contributed by atoms with Crippen molar-refractivity contribution < 1.29 is 4.39 Å². The van der Waals surface area contributed by atoms with Gasteiger partial charge in [-0.15, -0.1) is 5.10 Å². The Hall–Kier alpha value is -2.32. The SMILES string of the molecule is Cn1nnc2c(N3CCN(Cc4ccc(F)cc4Cl)CC3)ncnc21. The fraction of sp³-hybridized carbons (Fsp3) is 0.375. The third-order valence-electron chi connectivity index (χ3n) is 4.45. The van der Waals surface area contributed by atoms with Gasteiger partial charge in [-0.3, -0.25) is 4.90 Å². The third-order valence-corrected chi connectivity index (χ3v) is 4.80. The second-order valence-electron chi connectivity index (χ2n) is 6.08. The van der Waals surface area contributed by atoms with Crippen LogP contribution < -0.4 is 4.90 Å². The van der Waals surface area contributed by atoms with E-state index in [2.05, 4.69) is 30.1 Å². The van der Waals surface area contributed by atoms with Gasteiger partial charge < -0.3 is 4.90 Å². The molecule has 0 amide bonds. The van der Waals surface area contributed by atoms with Crippen LogP contribution in [0.4, 0.5) is 10.2 Å². The van der Waals surface area contributed by atoms with Gasteiger partial charge in [-0.1, -0.05) is 22.9 Å². The minimum absolute atomic E-state index is 0.310. The number of hydrogen-bond donors (Lipinski definition) is 0. The van der Waals surface area contributed by atoms with Crippen molar-refractivity contribution in [3.8, 4) is 0 Å². The van der Waals surface area contributed by atoms with Crippen molar-refractivity contribution >= 4 is 28.6 Å². The number of benzene rings is 1. The molecular weight excluding hydrogens is 345 g/mol. The Labute approximate surface area is 149 Å². The first kappa shape index (κ1) is 16.2. The van der Waals surface area contributed by atoms with Crippen molar-refractivity contribution in [2.24, 2.45) is 7.05 Å². The zero-order valence-electron chi connectivity index (χ0n) is 13.7. The van der Waals surface area contributed by atoms with Crippen LogP contribution in [0.25, 0.3) is 11.2 Å². The third kappa shape index (κ3) is 3.14. The predicted octanol–water partition coefficient (Wildman–Crippen LogP) is 1.87. The summed E-state index contributed by atoms with van der Waals surface area (Å²) in [5, 5.41) is 8.67. The lowest BCUT2D eigenvalue weighted by molar-refractivity contribution is 0.249. The molecule has 3 aromatic rings. The molecule has 1 saturated heterocycles. The van der Waals surface area contributed by atoms with Crippen LogP contribution in [0.3, 0.4) is 0 Å². The first-order valence-corrected chi connectivity index (χ1v) is 8.41. The van der Waals surface area contributed by atoms with E-state index in [-0.39, 0.29) is 5.82 Å². The highest BCUT2D eigenvalue weighted by molar-refractivity contribution is 6.31. The second-order valence-corrected chi connectivity index (χ2v) is 6.49. The van der Waals surface area contributed by atoms with E-state index in [1.807, 2.05) is 7.05 Å². The smallest absolute Gasteiger partial charge is 0.183 e. The molecule has 9 heteroatoms. The van der Waals surface area contributed by atoms with Crippen LogP contribution in [-0.2, 0) is 13.6 Å². The summed E-state index contributed by atoms with van der Waals surface area (Å²) in [6.45, 7) is 4.07. The molecule has 0 aliphatic carbocycles. The molecule has 2 aromatic heterocycles. The molecule has 0 radical (unpaired) electrons. The Morgan fingerprint density at radius 2 is 1.96 bits per heavy atom. The summed E-state index contributed by atoms with van der Waals surface area (Å²) >= 11 is 6.13. The number of anilines is 1. The Bertz CT molecular complexity index is 905. The lowest BCUT2D eigenvalue weighted by Crippen LogP contribution is -2.46. The number of hydrogen-bond acceptors (Lipinski definition) is 6. The van der Waals surface area contributed by atoms with Crippen molar-refractivity contribution in [3.05, 3.63) is 40.9 Å². The van der Waals surface area contributed by atoms with Crippen molar-refractivity contribution in [2.75, 3.05) is 31.1 Å². The standard InChI is InChI=1S/C16H17ClFN7/c1-23-15-14(21-22-23)16(20-10-19-15)25-6-4-24(5-7-25)9-11-2-3-12(18)8-13(11)17/h2-3,8,10H,4-7,9H2,1H3. The van der Waals surface area contributed by atoms with Gasteiger partial charge in [-0.25, -0.2) is 19.0 Å². The van der Waals surface area contributed by atoms with Crippen LogP contribution in [0.1, 0.15) is 5.56 Å². The number of aryl methyl sites for hydroxylation is 1. The molecule has 1 aliphatic rings. The largest absolute Gasteiger partial charge is 0.352 e. The first-order chi connectivity index (χ1) is 12.1. The van der Waals surface area contributed by atoms with Gasteiger partial charge in [-0.05, 0) is 17.7 Å². The Balaban J connectivity index is 1.46. The monoisotopic (exact) mass is 361 g/mol. The number of piperazine rings is 1. The molecule has 4 rings (SSSR count). The van der Waals surface area contributed by atoms with Crippen LogP contribution in [-0.4, -0.2) is 56.0 Å². The van der Waals surface area contributed by atoms with E-state index in [4.69, 9.17) is 11.6 Å². The van der Waals surface area contributed by atoms with Gasteiger partial charge in [0, 0.05) is 44.8 Å². The van der Waals surface area contributed by atoms with Crippen molar-refractivity contribution in [3.63, 3.8) is 0 Å². The first-order valence-electron chi connectivity index (χ1n) is 8.03. The highest BCUT2D eigenvalue weighted by Crippen LogP contribution is 2.23. The molecule has 1 aromatic carbocycles. The maximum absolute atomic E-state index is 13.2. The highest BCUT2D eigenvalue weighted by Gasteiger charge is 2.22. The molecule has 0 unspecified atom stereocenters. The maximum Gasteiger partial charge on any atom is 0.183 e. The normalized spacial score (nSPS) is 15.9. The maximum atomic E-state index is 13.2. The van der Waals surface area contributed by atoms with E-state index in [9.17, 15) is 4.39 Å². The second kappa shape index (κ2) is 6.53. The molecule has 3 heterocycles. The number of halogens is 2. The van der Waals surface area contributed by atoms with Gasteiger partial charge in [0.05, 0.1) is 0 Å². The molecule has 0 bridgehead atoms. The van der Waals surface area contributed by atoms with Crippen LogP contribution in [0.15, 0.2) is 24.5 Å². The van der Waals surface area contributed by atoms with Gasteiger partial charge in [0.2, 0.25) is 0 Å². The zero-order valence-corrected chi connectivity index (χ0v) is 14.5. The molecule has 1 fully saturated rings. The summed E-state index contributed by atoms with van der Waals surface area (Å²) in [4.78, 5) is 13.1. The van der Waals surface area contributed by atoms with E-state index in [0.717, 1.165) is 48.7 Å². The zero-order chi connectivity index (χ0) is 17.4. The van der Waals surface area contributed by atoms with Gasteiger partial charge >= 0.3 is 0 Å². The van der Waals surface area contributed by atoms with Crippen LogP contribution in [0.5, 0.6) is 0 Å². The molecule has 25 heavy (non-hydrogen) atoms. The summed E-state index contributed by atoms with van der Waals surface area (Å²) in [6, 6.07) is 4.56. The lowest BCUT2D eigenvalue weighted by Gasteiger charge is -2.35. The summed E-state index contributed by atoms with van der Waals surface area (Å²) in [6.07, 6.45) is 1.55. The van der Waals surface area contributed by atoms with Gasteiger partial charge in [-0.2, -0.15) is 0 Å². The van der Waals surface area contributed by atoms with Crippen molar-refractivity contribution in [2.45, 2.75) is 6.54 Å². The fourth-order valence-electron chi connectivity index (χ4n) is 3.08. The molecule has 0 N–H and O–H groups in total. The minimum atomic E-state index is -0.310. The predicted molar refractivity (Wildman–Crippen MR) is 93.0 cm³/mol. The fourth-order valence-corrected chi connectivity index (χ4v) is 3.31. The molecule has 0 saturated carbocycles.